The molecular formula is C7H18NPS. The number of hydrogen-bond donors (Lipinski definition) is 1. The van der Waals surface area contributed by atoms with Crippen LogP contribution in [0, 0.1) is 0 Å². The van der Waals surface area contributed by atoms with Crippen LogP contribution in [0.4, 0.5) is 0 Å². The Balaban J connectivity index is 3.36. The van der Waals surface area contributed by atoms with Crippen molar-refractivity contribution in [3.63, 3.8) is 0 Å². The van der Waals surface area contributed by atoms with Crippen LogP contribution in [0.2, 0.25) is 0 Å². The summed E-state index contributed by atoms with van der Waals surface area (Å²) in [5.41, 5.74) is 0. The molecule has 0 aromatic heterocycles. The molecule has 0 fully saturated rings. The molecule has 0 saturated heterocycles. The molecule has 0 saturated carbocycles. The van der Waals surface area contributed by atoms with Crippen LogP contribution in [0.15, 0.2) is 0 Å². The zero-order chi connectivity index (χ0) is 8.20. The number of thioether (sulfide) groups is 1. The van der Waals surface area contributed by atoms with Gasteiger partial charge in [-0.05, 0) is 6.92 Å². The monoisotopic (exact) mass is 179 g/mol. The van der Waals surface area contributed by atoms with Crippen molar-refractivity contribution in [2.45, 2.75) is 38.5 Å². The summed E-state index contributed by atoms with van der Waals surface area (Å²) in [4.78, 5) is 0. The van der Waals surface area contributed by atoms with Crippen LogP contribution in [-0.2, 0) is 0 Å². The summed E-state index contributed by atoms with van der Waals surface area (Å²) in [6, 6.07) is 0.592. The third kappa shape index (κ3) is 6.85. The van der Waals surface area contributed by atoms with Gasteiger partial charge in [-0.15, -0.1) is 0 Å². The maximum atomic E-state index is 3.13. The topological polar surface area (TPSA) is 12.0 Å². The maximum Gasteiger partial charge on any atom is 0.0161 e. The predicted molar refractivity (Wildman–Crippen MR) is 54.5 cm³/mol. The highest BCUT2D eigenvalue weighted by Crippen LogP contribution is 2.23. The Morgan fingerprint density at radius 1 is 1.50 bits per heavy atom. The first-order chi connectivity index (χ1) is 4.45. The Hall–Kier alpha value is 0.740. The largest absolute Gasteiger partial charge is 0.297 e. The first-order valence-electron chi connectivity index (χ1n) is 3.56. The van der Waals surface area contributed by atoms with Crippen LogP contribution in [0.1, 0.15) is 27.7 Å². The second kappa shape index (κ2) is 4.58. The zero-order valence-electron chi connectivity index (χ0n) is 7.27. The summed E-state index contributed by atoms with van der Waals surface area (Å²) in [7, 11) is 2.55. The average molecular weight is 179 g/mol. The molecular weight excluding hydrogens is 161 g/mol. The predicted octanol–water partition coefficient (Wildman–Crippen LogP) is 2.29. The van der Waals surface area contributed by atoms with E-state index in [1.807, 2.05) is 11.8 Å². The van der Waals surface area contributed by atoms with Crippen LogP contribution in [-0.4, -0.2) is 16.5 Å². The quantitative estimate of drug-likeness (QED) is 0.667. The molecule has 0 rings (SSSR count). The van der Waals surface area contributed by atoms with Crippen molar-refractivity contribution >= 4 is 21.2 Å². The Kier molecular flexibility index (Phi) is 4.92. The molecule has 0 heterocycles. The number of hydrogen-bond acceptors (Lipinski definition) is 2. The summed E-state index contributed by atoms with van der Waals surface area (Å²) < 4.78 is 0.399. The van der Waals surface area contributed by atoms with Gasteiger partial charge in [0.1, 0.15) is 0 Å². The molecule has 62 valence electrons. The molecule has 2 atom stereocenters. The smallest absolute Gasteiger partial charge is 0.0161 e. The maximum absolute atomic E-state index is 3.13. The summed E-state index contributed by atoms with van der Waals surface area (Å²) in [6.07, 6.45) is 0. The van der Waals surface area contributed by atoms with Gasteiger partial charge in [0.05, 0.1) is 0 Å². The van der Waals surface area contributed by atoms with Gasteiger partial charge in [-0.1, -0.05) is 30.2 Å². The first kappa shape index (κ1) is 10.7. The van der Waals surface area contributed by atoms with Crippen LogP contribution in [0.5, 0.6) is 0 Å². The molecule has 0 bridgehead atoms. The van der Waals surface area contributed by atoms with Crippen molar-refractivity contribution < 1.29 is 0 Å². The van der Waals surface area contributed by atoms with Gasteiger partial charge in [0, 0.05) is 16.5 Å². The number of nitrogens with one attached hydrogen (secondary N) is 1. The van der Waals surface area contributed by atoms with Crippen LogP contribution >= 0.6 is 21.2 Å². The van der Waals surface area contributed by atoms with E-state index in [0.717, 1.165) is 0 Å². The minimum atomic E-state index is 0.399. The van der Waals surface area contributed by atoms with E-state index in [-0.39, 0.29) is 0 Å². The molecule has 10 heavy (non-hydrogen) atoms. The summed E-state index contributed by atoms with van der Waals surface area (Å²) >= 11 is 1.99. The SMILES string of the molecule is CC(CSC(C)(C)C)NP. The van der Waals surface area contributed by atoms with E-state index in [4.69, 9.17) is 0 Å². The highest BCUT2D eigenvalue weighted by Gasteiger charge is 2.11. The van der Waals surface area contributed by atoms with E-state index in [2.05, 4.69) is 42.2 Å². The van der Waals surface area contributed by atoms with Crippen LogP contribution in [0.25, 0.3) is 0 Å². The molecule has 0 aliphatic heterocycles. The molecule has 0 spiro atoms. The fraction of sp³-hybridized carbons (Fsp3) is 1.00. The first-order valence-corrected chi connectivity index (χ1v) is 5.12. The van der Waals surface area contributed by atoms with Crippen molar-refractivity contribution in [1.82, 2.24) is 5.09 Å². The third-order valence-corrected chi connectivity index (χ3v) is 3.15. The van der Waals surface area contributed by atoms with E-state index in [0.29, 0.717) is 10.8 Å². The Bertz CT molecular complexity index is 90.1. The number of rotatable bonds is 3. The highest BCUT2D eigenvalue weighted by atomic mass is 32.2. The van der Waals surface area contributed by atoms with Gasteiger partial charge in [0.15, 0.2) is 0 Å². The average Bonchev–Trinajstić information content (AvgIpc) is 1.81. The van der Waals surface area contributed by atoms with Gasteiger partial charge in [-0.3, -0.25) is 5.09 Å². The van der Waals surface area contributed by atoms with Crippen molar-refractivity contribution in [1.29, 1.82) is 0 Å². The van der Waals surface area contributed by atoms with E-state index in [1.165, 1.54) is 5.75 Å². The van der Waals surface area contributed by atoms with Crippen molar-refractivity contribution in [3.05, 3.63) is 0 Å². The zero-order valence-corrected chi connectivity index (χ0v) is 9.24. The summed E-state index contributed by atoms with van der Waals surface area (Å²) in [6.45, 7) is 8.92. The van der Waals surface area contributed by atoms with E-state index >= 15 is 0 Å². The Morgan fingerprint density at radius 3 is 2.30 bits per heavy atom. The van der Waals surface area contributed by atoms with Gasteiger partial charge in [0.25, 0.3) is 0 Å². The molecule has 1 nitrogen and oxygen atoms in total. The van der Waals surface area contributed by atoms with Crippen LogP contribution in [0.3, 0.4) is 0 Å². The minimum Gasteiger partial charge on any atom is -0.297 e. The van der Waals surface area contributed by atoms with Gasteiger partial charge in [-0.25, -0.2) is 0 Å². The molecule has 0 aliphatic rings. The van der Waals surface area contributed by atoms with E-state index in [1.54, 1.807) is 0 Å². The lowest BCUT2D eigenvalue weighted by Crippen LogP contribution is -2.21. The van der Waals surface area contributed by atoms with E-state index in [9.17, 15) is 0 Å². The minimum absolute atomic E-state index is 0.399. The van der Waals surface area contributed by atoms with Gasteiger partial charge in [-0.2, -0.15) is 11.8 Å². The standard InChI is InChI=1S/C7H18NPS/c1-6(8-9)5-10-7(2,3)4/h6,8H,5,9H2,1-4H3. The summed E-state index contributed by atoms with van der Waals surface area (Å²) in [5, 5.41) is 3.13. The Labute approximate surface area is 71.0 Å². The fourth-order valence-electron chi connectivity index (χ4n) is 0.423. The lowest BCUT2D eigenvalue weighted by Gasteiger charge is -2.19. The fourth-order valence-corrected chi connectivity index (χ4v) is 1.56. The second-order valence-corrected chi connectivity index (χ2v) is 5.67. The van der Waals surface area contributed by atoms with Gasteiger partial charge in [0.2, 0.25) is 0 Å². The van der Waals surface area contributed by atoms with Crippen molar-refractivity contribution in [2.75, 3.05) is 5.75 Å². The molecule has 0 amide bonds. The third-order valence-electron chi connectivity index (χ3n) is 1.05. The van der Waals surface area contributed by atoms with Crippen molar-refractivity contribution in [3.8, 4) is 0 Å². The molecule has 0 radical (unpaired) electrons. The molecule has 1 N–H and O–H groups in total. The van der Waals surface area contributed by atoms with Gasteiger partial charge < -0.3 is 0 Å². The molecule has 0 aromatic rings. The molecule has 0 aliphatic carbocycles. The Morgan fingerprint density at radius 2 is 2.00 bits per heavy atom. The molecule has 2 unspecified atom stereocenters. The van der Waals surface area contributed by atoms with Crippen molar-refractivity contribution in [2.24, 2.45) is 0 Å². The van der Waals surface area contributed by atoms with E-state index < -0.39 is 0 Å². The lowest BCUT2D eigenvalue weighted by atomic mass is 10.3. The van der Waals surface area contributed by atoms with Gasteiger partial charge >= 0.3 is 0 Å². The highest BCUT2D eigenvalue weighted by molar-refractivity contribution is 8.00. The molecule has 0 aromatic carbocycles. The lowest BCUT2D eigenvalue weighted by molar-refractivity contribution is 0.758. The molecule has 3 heteroatoms. The summed E-state index contributed by atoms with van der Waals surface area (Å²) in [5.74, 6) is 1.17. The second-order valence-electron chi connectivity index (χ2n) is 3.49. The normalized spacial score (nSPS) is 15.3. The van der Waals surface area contributed by atoms with Crippen LogP contribution < -0.4 is 5.09 Å².